The number of nitrogens with one attached hydrogen (secondary N) is 1. The summed E-state index contributed by atoms with van der Waals surface area (Å²) in [5.74, 6) is 0. The predicted octanol–water partition coefficient (Wildman–Crippen LogP) is 2.94. The van der Waals surface area contributed by atoms with Gasteiger partial charge in [-0.15, -0.1) is 11.3 Å². The normalized spacial score (nSPS) is 16.7. The molecule has 7 heteroatoms. The van der Waals surface area contributed by atoms with Gasteiger partial charge in [-0.1, -0.05) is 0 Å². The van der Waals surface area contributed by atoms with Crippen molar-refractivity contribution in [1.29, 1.82) is 0 Å². The quantitative estimate of drug-likeness (QED) is 0.923. The van der Waals surface area contributed by atoms with Crippen molar-refractivity contribution in [3.8, 4) is 0 Å². The molecule has 1 amide bonds. The summed E-state index contributed by atoms with van der Waals surface area (Å²) >= 11 is 4.92. The minimum Gasteiger partial charge on any atom is -0.450 e. The number of hydrogen-bond donors (Lipinski definition) is 1. The van der Waals surface area contributed by atoms with Gasteiger partial charge in [-0.05, 0) is 35.7 Å². The first-order chi connectivity index (χ1) is 8.69. The molecule has 2 heterocycles. The standard InChI is InChI=1S/C11H16BrN3O2S/c1-2-17-11(16)15-5-3-8(4-6-15)13-10-14-9(12)7-18-10/h7-8H,2-6H2,1H3,(H,13,14). The van der Waals surface area contributed by atoms with Crippen LogP contribution in [0.5, 0.6) is 0 Å². The van der Waals surface area contributed by atoms with E-state index in [1.165, 1.54) is 0 Å². The van der Waals surface area contributed by atoms with E-state index >= 15 is 0 Å². The fourth-order valence-corrected chi connectivity index (χ4v) is 3.14. The maximum absolute atomic E-state index is 11.5. The third-order valence-electron chi connectivity index (χ3n) is 2.82. The van der Waals surface area contributed by atoms with Crippen LogP contribution < -0.4 is 5.32 Å². The van der Waals surface area contributed by atoms with E-state index in [-0.39, 0.29) is 6.09 Å². The monoisotopic (exact) mass is 333 g/mol. The second-order valence-corrected chi connectivity index (χ2v) is 5.75. The van der Waals surface area contributed by atoms with Crippen LogP contribution in [0.25, 0.3) is 0 Å². The SMILES string of the molecule is CCOC(=O)N1CCC(Nc2nc(Br)cs2)CC1. The Hall–Kier alpha value is -0.820. The molecule has 2 rings (SSSR count). The summed E-state index contributed by atoms with van der Waals surface area (Å²) in [4.78, 5) is 17.6. The Morgan fingerprint density at radius 3 is 2.94 bits per heavy atom. The van der Waals surface area contributed by atoms with Crippen LogP contribution in [-0.4, -0.2) is 41.7 Å². The van der Waals surface area contributed by atoms with E-state index in [0.29, 0.717) is 12.6 Å². The van der Waals surface area contributed by atoms with E-state index in [0.717, 1.165) is 35.7 Å². The maximum Gasteiger partial charge on any atom is 0.409 e. The van der Waals surface area contributed by atoms with E-state index in [1.54, 1.807) is 16.2 Å². The number of nitrogens with zero attached hydrogens (tertiary/aromatic N) is 2. The van der Waals surface area contributed by atoms with Crippen LogP contribution in [0.3, 0.4) is 0 Å². The van der Waals surface area contributed by atoms with Crippen LogP contribution in [-0.2, 0) is 4.74 Å². The van der Waals surface area contributed by atoms with Gasteiger partial charge < -0.3 is 15.0 Å². The molecular formula is C11H16BrN3O2S. The summed E-state index contributed by atoms with van der Waals surface area (Å²) < 4.78 is 5.85. The summed E-state index contributed by atoms with van der Waals surface area (Å²) in [6, 6.07) is 0.383. The van der Waals surface area contributed by atoms with Crippen molar-refractivity contribution in [2.24, 2.45) is 0 Å². The molecule has 0 unspecified atom stereocenters. The van der Waals surface area contributed by atoms with Crippen molar-refractivity contribution in [3.63, 3.8) is 0 Å². The van der Waals surface area contributed by atoms with Crippen molar-refractivity contribution in [2.75, 3.05) is 25.0 Å². The maximum atomic E-state index is 11.5. The predicted molar refractivity (Wildman–Crippen MR) is 75.1 cm³/mol. The van der Waals surface area contributed by atoms with Crippen LogP contribution >= 0.6 is 27.3 Å². The second kappa shape index (κ2) is 6.38. The molecule has 18 heavy (non-hydrogen) atoms. The van der Waals surface area contributed by atoms with Gasteiger partial charge in [0.1, 0.15) is 4.60 Å². The summed E-state index contributed by atoms with van der Waals surface area (Å²) in [5.41, 5.74) is 0. The number of hydrogen-bond acceptors (Lipinski definition) is 5. The van der Waals surface area contributed by atoms with Gasteiger partial charge in [0.2, 0.25) is 0 Å². The Bertz CT molecular complexity index is 405. The number of carbonyl (C=O) groups is 1. The number of rotatable bonds is 3. The minimum absolute atomic E-state index is 0.201. The number of piperidine rings is 1. The van der Waals surface area contributed by atoms with Gasteiger partial charge in [0.05, 0.1) is 6.61 Å². The first-order valence-corrected chi connectivity index (χ1v) is 7.65. The molecule has 0 atom stereocenters. The third-order valence-corrected chi connectivity index (χ3v) is 4.31. The van der Waals surface area contributed by atoms with Crippen molar-refractivity contribution in [2.45, 2.75) is 25.8 Å². The fourth-order valence-electron chi connectivity index (χ4n) is 1.92. The van der Waals surface area contributed by atoms with Crippen molar-refractivity contribution >= 4 is 38.5 Å². The van der Waals surface area contributed by atoms with Gasteiger partial charge in [-0.2, -0.15) is 0 Å². The van der Waals surface area contributed by atoms with Gasteiger partial charge in [-0.3, -0.25) is 0 Å². The molecule has 0 saturated carbocycles. The lowest BCUT2D eigenvalue weighted by Crippen LogP contribution is -2.42. The van der Waals surface area contributed by atoms with Crippen molar-refractivity contribution in [3.05, 3.63) is 9.98 Å². The Morgan fingerprint density at radius 1 is 1.67 bits per heavy atom. The highest BCUT2D eigenvalue weighted by molar-refractivity contribution is 9.10. The average molecular weight is 334 g/mol. The van der Waals surface area contributed by atoms with Crippen LogP contribution in [0.4, 0.5) is 9.93 Å². The van der Waals surface area contributed by atoms with Crippen LogP contribution in [0, 0.1) is 0 Å². The Kier molecular flexibility index (Phi) is 4.82. The largest absolute Gasteiger partial charge is 0.450 e. The molecule has 1 aromatic heterocycles. The van der Waals surface area contributed by atoms with Gasteiger partial charge in [0, 0.05) is 24.5 Å². The molecule has 1 N–H and O–H groups in total. The number of thiazole rings is 1. The molecule has 5 nitrogen and oxygen atoms in total. The number of likely N-dealkylation sites (tertiary alicyclic amines) is 1. The zero-order chi connectivity index (χ0) is 13.0. The van der Waals surface area contributed by atoms with E-state index in [2.05, 4.69) is 26.2 Å². The number of amides is 1. The zero-order valence-electron chi connectivity index (χ0n) is 10.2. The van der Waals surface area contributed by atoms with Crippen molar-refractivity contribution < 1.29 is 9.53 Å². The molecule has 1 aliphatic heterocycles. The zero-order valence-corrected chi connectivity index (χ0v) is 12.6. The Balaban J connectivity index is 1.78. The highest BCUT2D eigenvalue weighted by Crippen LogP contribution is 2.22. The summed E-state index contributed by atoms with van der Waals surface area (Å²) in [7, 11) is 0. The molecule has 1 saturated heterocycles. The molecule has 0 bridgehead atoms. The van der Waals surface area contributed by atoms with Crippen LogP contribution in [0.15, 0.2) is 9.98 Å². The van der Waals surface area contributed by atoms with Gasteiger partial charge in [0.25, 0.3) is 0 Å². The topological polar surface area (TPSA) is 54.5 Å². The first kappa shape index (κ1) is 13.6. The fraction of sp³-hybridized carbons (Fsp3) is 0.636. The molecule has 1 aliphatic rings. The smallest absolute Gasteiger partial charge is 0.409 e. The Labute approximate surface area is 119 Å². The highest BCUT2D eigenvalue weighted by Gasteiger charge is 2.23. The van der Waals surface area contributed by atoms with E-state index in [4.69, 9.17) is 4.74 Å². The highest BCUT2D eigenvalue weighted by atomic mass is 79.9. The molecule has 0 aliphatic carbocycles. The molecule has 0 aromatic carbocycles. The molecular weight excluding hydrogens is 318 g/mol. The molecule has 0 radical (unpaired) electrons. The number of halogens is 1. The number of ether oxygens (including phenoxy) is 1. The average Bonchev–Trinajstić information content (AvgIpc) is 2.76. The van der Waals surface area contributed by atoms with Crippen molar-refractivity contribution in [1.82, 2.24) is 9.88 Å². The lowest BCUT2D eigenvalue weighted by atomic mass is 10.1. The number of aromatic nitrogens is 1. The summed E-state index contributed by atoms with van der Waals surface area (Å²) in [6.07, 6.45) is 1.65. The number of carbonyl (C=O) groups excluding carboxylic acids is 1. The van der Waals surface area contributed by atoms with E-state index in [1.807, 2.05) is 12.3 Å². The van der Waals surface area contributed by atoms with E-state index in [9.17, 15) is 4.79 Å². The van der Waals surface area contributed by atoms with Crippen LogP contribution in [0.2, 0.25) is 0 Å². The lowest BCUT2D eigenvalue weighted by molar-refractivity contribution is 0.0983. The molecule has 100 valence electrons. The second-order valence-electron chi connectivity index (χ2n) is 4.08. The molecule has 0 spiro atoms. The van der Waals surface area contributed by atoms with E-state index < -0.39 is 0 Å². The molecule has 1 fully saturated rings. The lowest BCUT2D eigenvalue weighted by Gasteiger charge is -2.31. The first-order valence-electron chi connectivity index (χ1n) is 5.98. The van der Waals surface area contributed by atoms with Gasteiger partial charge in [-0.25, -0.2) is 9.78 Å². The van der Waals surface area contributed by atoms with Crippen LogP contribution in [0.1, 0.15) is 19.8 Å². The summed E-state index contributed by atoms with van der Waals surface area (Å²) in [6.45, 7) is 3.74. The Morgan fingerprint density at radius 2 is 2.39 bits per heavy atom. The minimum atomic E-state index is -0.201. The molecule has 1 aromatic rings. The third kappa shape index (κ3) is 3.58. The van der Waals surface area contributed by atoms with Gasteiger partial charge >= 0.3 is 6.09 Å². The summed E-state index contributed by atoms with van der Waals surface area (Å²) in [5, 5.41) is 6.27. The number of anilines is 1. The van der Waals surface area contributed by atoms with Gasteiger partial charge in [0.15, 0.2) is 5.13 Å².